The average Bonchev–Trinajstić information content (AvgIpc) is 3.03. The molecule has 0 aliphatic carbocycles. The average molecular weight is 275 g/mol. The van der Waals surface area contributed by atoms with Crippen LogP contribution in [0.2, 0.25) is 0 Å². The molecule has 20 heavy (non-hydrogen) atoms. The highest BCUT2D eigenvalue weighted by Gasteiger charge is 2.30. The monoisotopic (exact) mass is 275 g/mol. The van der Waals surface area contributed by atoms with Crippen LogP contribution in [0.1, 0.15) is 18.7 Å². The summed E-state index contributed by atoms with van der Waals surface area (Å²) in [6.07, 6.45) is -0.318. The first kappa shape index (κ1) is 13.6. The van der Waals surface area contributed by atoms with Gasteiger partial charge in [0.2, 0.25) is 0 Å². The second-order valence-corrected chi connectivity index (χ2v) is 5.46. The molecule has 108 valence electrons. The molecule has 3 atom stereocenters. The maximum Gasteiger partial charge on any atom is 0.134 e. The molecule has 1 aliphatic heterocycles. The lowest BCUT2D eigenvalue weighted by atomic mass is 9.99. The summed E-state index contributed by atoms with van der Waals surface area (Å²) in [5.41, 5.74) is 7.39. The summed E-state index contributed by atoms with van der Waals surface area (Å²) in [5, 5.41) is 13.7. The molecule has 0 saturated carbocycles. The quantitative estimate of drug-likeness (QED) is 0.659. The lowest BCUT2D eigenvalue weighted by Gasteiger charge is -2.17. The van der Waals surface area contributed by atoms with E-state index >= 15 is 0 Å². The van der Waals surface area contributed by atoms with Crippen molar-refractivity contribution in [3.63, 3.8) is 0 Å². The third-order valence-corrected chi connectivity index (χ3v) is 3.69. The Hall–Kier alpha value is -1.40. The van der Waals surface area contributed by atoms with E-state index in [1.54, 1.807) is 6.92 Å². The maximum atomic E-state index is 9.29. The molecular weight excluding hydrogens is 254 g/mol. The second-order valence-electron chi connectivity index (χ2n) is 5.46. The zero-order valence-electron chi connectivity index (χ0n) is 11.6. The van der Waals surface area contributed by atoms with Gasteiger partial charge >= 0.3 is 0 Å². The Kier molecular flexibility index (Phi) is 4.03. The smallest absolute Gasteiger partial charge is 0.134 e. The first-order valence-electron chi connectivity index (χ1n) is 7.09. The molecule has 4 N–H and O–H groups in total. The SMILES string of the molecule is CC(O)CNCC1CNNC1c1cc2ccccc2o1. The van der Waals surface area contributed by atoms with Crippen molar-refractivity contribution in [2.75, 3.05) is 19.6 Å². The summed E-state index contributed by atoms with van der Waals surface area (Å²) >= 11 is 0. The third-order valence-electron chi connectivity index (χ3n) is 3.69. The fourth-order valence-electron chi connectivity index (χ4n) is 2.66. The van der Waals surface area contributed by atoms with E-state index in [0.29, 0.717) is 12.5 Å². The number of hydrogen-bond donors (Lipinski definition) is 4. The number of benzene rings is 1. The van der Waals surface area contributed by atoms with Gasteiger partial charge in [0, 0.05) is 30.9 Å². The van der Waals surface area contributed by atoms with Crippen molar-refractivity contribution in [2.45, 2.75) is 19.1 Å². The van der Waals surface area contributed by atoms with Crippen LogP contribution in [0.4, 0.5) is 0 Å². The molecule has 5 heteroatoms. The maximum absolute atomic E-state index is 9.29. The van der Waals surface area contributed by atoms with Gasteiger partial charge in [-0.25, -0.2) is 5.43 Å². The first-order chi connectivity index (χ1) is 9.74. The Balaban J connectivity index is 1.71. The number of hydrogen-bond acceptors (Lipinski definition) is 5. The zero-order valence-corrected chi connectivity index (χ0v) is 11.6. The van der Waals surface area contributed by atoms with Crippen LogP contribution in [0, 0.1) is 5.92 Å². The lowest BCUT2D eigenvalue weighted by molar-refractivity contribution is 0.188. The normalized spacial score (nSPS) is 24.3. The molecule has 5 nitrogen and oxygen atoms in total. The van der Waals surface area contributed by atoms with Crippen LogP contribution < -0.4 is 16.2 Å². The van der Waals surface area contributed by atoms with Crippen molar-refractivity contribution < 1.29 is 9.52 Å². The van der Waals surface area contributed by atoms with E-state index in [1.165, 1.54) is 0 Å². The third kappa shape index (κ3) is 2.86. The van der Waals surface area contributed by atoms with E-state index < -0.39 is 0 Å². The number of furan rings is 1. The number of hydrazine groups is 1. The van der Waals surface area contributed by atoms with Crippen molar-refractivity contribution >= 4 is 11.0 Å². The lowest BCUT2D eigenvalue weighted by Crippen LogP contribution is -2.32. The fourth-order valence-corrected chi connectivity index (χ4v) is 2.66. The molecule has 2 aromatic rings. The van der Waals surface area contributed by atoms with E-state index in [1.807, 2.05) is 18.2 Å². The van der Waals surface area contributed by atoms with Gasteiger partial charge in [0.15, 0.2) is 0 Å². The molecule has 2 heterocycles. The minimum atomic E-state index is -0.318. The van der Waals surface area contributed by atoms with Crippen LogP contribution in [0.25, 0.3) is 11.0 Å². The van der Waals surface area contributed by atoms with Gasteiger partial charge in [-0.2, -0.15) is 0 Å². The Morgan fingerprint density at radius 2 is 2.30 bits per heavy atom. The predicted octanol–water partition coefficient (Wildman–Crippen LogP) is 1.17. The van der Waals surface area contributed by atoms with Crippen LogP contribution >= 0.6 is 0 Å². The van der Waals surface area contributed by atoms with E-state index in [9.17, 15) is 5.11 Å². The molecule has 1 aromatic carbocycles. The van der Waals surface area contributed by atoms with Gasteiger partial charge in [0.05, 0.1) is 12.1 Å². The molecule has 0 spiro atoms. The molecule has 0 bridgehead atoms. The van der Waals surface area contributed by atoms with Gasteiger partial charge in [-0.3, -0.25) is 5.43 Å². The van der Waals surface area contributed by atoms with Gasteiger partial charge in [0.25, 0.3) is 0 Å². The van der Waals surface area contributed by atoms with E-state index in [2.05, 4.69) is 28.3 Å². The van der Waals surface area contributed by atoms with Crippen LogP contribution in [0.5, 0.6) is 0 Å². The Labute approximate surface area is 118 Å². The van der Waals surface area contributed by atoms with Crippen molar-refractivity contribution in [1.29, 1.82) is 0 Å². The molecule has 0 amide bonds. The van der Waals surface area contributed by atoms with Gasteiger partial charge in [0.1, 0.15) is 11.3 Å². The largest absolute Gasteiger partial charge is 0.459 e. The summed E-state index contributed by atoms with van der Waals surface area (Å²) in [6, 6.07) is 10.3. The number of aliphatic hydroxyl groups excluding tert-OH is 1. The van der Waals surface area contributed by atoms with Crippen molar-refractivity contribution in [3.8, 4) is 0 Å². The highest BCUT2D eigenvalue weighted by molar-refractivity contribution is 5.77. The molecule has 3 unspecified atom stereocenters. The molecule has 0 radical (unpaired) electrons. The van der Waals surface area contributed by atoms with Crippen molar-refractivity contribution in [3.05, 3.63) is 36.1 Å². The van der Waals surface area contributed by atoms with Crippen molar-refractivity contribution in [2.24, 2.45) is 5.92 Å². The summed E-state index contributed by atoms with van der Waals surface area (Å²) in [4.78, 5) is 0. The minimum absolute atomic E-state index is 0.156. The number of nitrogens with one attached hydrogen (secondary N) is 3. The number of para-hydroxylation sites is 1. The predicted molar refractivity (Wildman–Crippen MR) is 78.1 cm³/mol. The molecular formula is C15H21N3O2. The van der Waals surface area contributed by atoms with Gasteiger partial charge in [-0.1, -0.05) is 18.2 Å². The minimum Gasteiger partial charge on any atom is -0.459 e. The standard InChI is InChI=1S/C15H21N3O2/c1-10(19)7-16-8-12-9-17-18-15(12)14-6-11-4-2-3-5-13(11)20-14/h2-6,10,12,15-19H,7-9H2,1H3. The van der Waals surface area contributed by atoms with Gasteiger partial charge in [-0.05, 0) is 19.1 Å². The Bertz CT molecular complexity index is 534. The number of fused-ring (bicyclic) bond motifs is 1. The number of aliphatic hydroxyl groups is 1. The topological polar surface area (TPSA) is 69.5 Å². The second kappa shape index (κ2) is 5.93. The summed E-state index contributed by atoms with van der Waals surface area (Å²) in [5.74, 6) is 1.36. The van der Waals surface area contributed by atoms with Crippen molar-refractivity contribution in [1.82, 2.24) is 16.2 Å². The molecule has 1 aliphatic rings. The van der Waals surface area contributed by atoms with E-state index in [-0.39, 0.29) is 12.1 Å². The molecule has 3 rings (SSSR count). The summed E-state index contributed by atoms with van der Waals surface area (Å²) in [7, 11) is 0. The van der Waals surface area contributed by atoms with Crippen LogP contribution in [0.3, 0.4) is 0 Å². The van der Waals surface area contributed by atoms with Crippen LogP contribution in [-0.4, -0.2) is 30.8 Å². The summed E-state index contributed by atoms with van der Waals surface area (Å²) in [6.45, 7) is 4.12. The highest BCUT2D eigenvalue weighted by Crippen LogP contribution is 2.29. The molecule has 1 aromatic heterocycles. The van der Waals surface area contributed by atoms with Gasteiger partial charge in [-0.15, -0.1) is 0 Å². The Morgan fingerprint density at radius 3 is 3.10 bits per heavy atom. The van der Waals surface area contributed by atoms with Crippen LogP contribution in [0.15, 0.2) is 34.7 Å². The van der Waals surface area contributed by atoms with Gasteiger partial charge < -0.3 is 14.8 Å². The first-order valence-corrected chi connectivity index (χ1v) is 7.09. The fraction of sp³-hybridized carbons (Fsp3) is 0.467. The summed E-state index contributed by atoms with van der Waals surface area (Å²) < 4.78 is 5.93. The highest BCUT2D eigenvalue weighted by atomic mass is 16.3. The number of rotatable bonds is 5. The molecule has 1 saturated heterocycles. The molecule has 1 fully saturated rings. The Morgan fingerprint density at radius 1 is 1.45 bits per heavy atom. The van der Waals surface area contributed by atoms with E-state index in [0.717, 1.165) is 29.8 Å². The van der Waals surface area contributed by atoms with Crippen LogP contribution in [-0.2, 0) is 0 Å². The zero-order chi connectivity index (χ0) is 13.9. The van der Waals surface area contributed by atoms with E-state index in [4.69, 9.17) is 4.42 Å².